The van der Waals surface area contributed by atoms with Crippen LogP contribution in [-0.2, 0) is 16.7 Å². The zero-order valence-corrected chi connectivity index (χ0v) is 11.0. The molecule has 0 unspecified atom stereocenters. The van der Waals surface area contributed by atoms with Gasteiger partial charge in [0.2, 0.25) is 5.88 Å². The van der Waals surface area contributed by atoms with Gasteiger partial charge in [0, 0.05) is 18.2 Å². The highest BCUT2D eigenvalue weighted by molar-refractivity contribution is 7.86. The fourth-order valence-corrected chi connectivity index (χ4v) is 2.04. The first-order valence-electron chi connectivity index (χ1n) is 5.52. The van der Waals surface area contributed by atoms with Gasteiger partial charge in [-0.15, -0.1) is 0 Å². The summed E-state index contributed by atoms with van der Waals surface area (Å²) in [5, 5.41) is 4.31. The number of benzene rings is 1. The van der Waals surface area contributed by atoms with E-state index >= 15 is 0 Å². The second-order valence-corrected chi connectivity index (χ2v) is 5.41. The van der Waals surface area contributed by atoms with Crippen molar-refractivity contribution in [1.29, 1.82) is 0 Å². The van der Waals surface area contributed by atoms with Crippen molar-refractivity contribution in [3.63, 3.8) is 0 Å². The molecule has 2 aromatic rings. The van der Waals surface area contributed by atoms with Crippen LogP contribution >= 0.6 is 0 Å². The molecule has 0 radical (unpaired) electrons. The van der Waals surface area contributed by atoms with Crippen LogP contribution in [0.3, 0.4) is 0 Å². The first kappa shape index (κ1) is 12.6. The van der Waals surface area contributed by atoms with Gasteiger partial charge >= 0.3 is 10.1 Å². The Morgan fingerprint density at radius 2 is 1.94 bits per heavy atom. The molecule has 18 heavy (non-hydrogen) atoms. The molecular formula is C12H14N2O3S. The third-order valence-corrected chi connectivity index (χ3v) is 2.82. The fraction of sp³-hybridized carbons (Fsp3) is 0.250. The molecule has 0 atom stereocenters. The Morgan fingerprint density at radius 1 is 1.28 bits per heavy atom. The van der Waals surface area contributed by atoms with Gasteiger partial charge in [0.25, 0.3) is 0 Å². The molecule has 1 heterocycles. The van der Waals surface area contributed by atoms with Gasteiger partial charge in [0.05, 0.1) is 11.9 Å². The number of hydrogen-bond donors (Lipinski definition) is 0. The Kier molecular flexibility index (Phi) is 3.38. The second kappa shape index (κ2) is 4.81. The van der Waals surface area contributed by atoms with Crippen molar-refractivity contribution >= 4 is 10.1 Å². The molecule has 0 aliphatic rings. The SMILES string of the molecule is CCn1nc(-c2ccccc2)cc1OS(C)(=O)=O. The van der Waals surface area contributed by atoms with Crippen LogP contribution in [0.4, 0.5) is 0 Å². The van der Waals surface area contributed by atoms with E-state index in [2.05, 4.69) is 5.10 Å². The van der Waals surface area contributed by atoms with Crippen molar-refractivity contribution in [3.05, 3.63) is 36.4 Å². The summed E-state index contributed by atoms with van der Waals surface area (Å²) >= 11 is 0. The predicted octanol–water partition coefficient (Wildman–Crippen LogP) is 1.91. The van der Waals surface area contributed by atoms with Crippen molar-refractivity contribution in [1.82, 2.24) is 9.78 Å². The molecule has 5 nitrogen and oxygen atoms in total. The molecule has 0 aliphatic heterocycles. The largest absolute Gasteiger partial charge is 0.362 e. The topological polar surface area (TPSA) is 61.2 Å². The molecule has 1 aromatic heterocycles. The summed E-state index contributed by atoms with van der Waals surface area (Å²) in [5.74, 6) is 0.235. The van der Waals surface area contributed by atoms with Gasteiger partial charge in [-0.3, -0.25) is 0 Å². The van der Waals surface area contributed by atoms with Crippen LogP contribution in [0.2, 0.25) is 0 Å². The fourth-order valence-electron chi connectivity index (χ4n) is 1.60. The molecule has 2 rings (SSSR count). The number of aromatic nitrogens is 2. The summed E-state index contributed by atoms with van der Waals surface area (Å²) in [5.41, 5.74) is 1.61. The van der Waals surface area contributed by atoms with Gasteiger partial charge < -0.3 is 4.18 Å². The van der Waals surface area contributed by atoms with E-state index in [0.717, 1.165) is 11.8 Å². The lowest BCUT2D eigenvalue weighted by molar-refractivity contribution is 0.449. The van der Waals surface area contributed by atoms with E-state index in [0.29, 0.717) is 12.2 Å². The zero-order chi connectivity index (χ0) is 13.2. The van der Waals surface area contributed by atoms with Crippen molar-refractivity contribution in [3.8, 4) is 17.1 Å². The molecule has 6 heteroatoms. The first-order chi connectivity index (χ1) is 8.49. The van der Waals surface area contributed by atoms with Crippen molar-refractivity contribution in [2.75, 3.05) is 6.26 Å². The lowest BCUT2D eigenvalue weighted by Crippen LogP contribution is -2.10. The maximum Gasteiger partial charge on any atom is 0.307 e. The summed E-state index contributed by atoms with van der Waals surface area (Å²) in [7, 11) is -3.54. The van der Waals surface area contributed by atoms with Crippen molar-refractivity contribution in [2.45, 2.75) is 13.5 Å². The van der Waals surface area contributed by atoms with Crippen LogP contribution < -0.4 is 4.18 Å². The Labute approximate surface area is 106 Å². The summed E-state index contributed by atoms with van der Waals surface area (Å²) < 4.78 is 28.7. The number of hydrogen-bond acceptors (Lipinski definition) is 4. The van der Waals surface area contributed by atoms with E-state index in [1.807, 2.05) is 37.3 Å². The number of nitrogens with zero attached hydrogens (tertiary/aromatic N) is 2. The van der Waals surface area contributed by atoms with E-state index in [1.165, 1.54) is 4.68 Å². The van der Waals surface area contributed by atoms with Crippen molar-refractivity contribution in [2.24, 2.45) is 0 Å². The molecule has 0 spiro atoms. The van der Waals surface area contributed by atoms with E-state index in [1.54, 1.807) is 6.07 Å². The van der Waals surface area contributed by atoms with E-state index in [9.17, 15) is 8.42 Å². The van der Waals surface area contributed by atoms with E-state index in [4.69, 9.17) is 4.18 Å². The molecule has 96 valence electrons. The molecule has 0 N–H and O–H groups in total. The minimum Gasteiger partial charge on any atom is -0.362 e. The highest BCUT2D eigenvalue weighted by Crippen LogP contribution is 2.23. The van der Waals surface area contributed by atoms with Gasteiger partial charge in [-0.25, -0.2) is 4.68 Å². The first-order valence-corrected chi connectivity index (χ1v) is 7.34. The van der Waals surface area contributed by atoms with Gasteiger partial charge in [-0.2, -0.15) is 13.5 Å². The molecule has 1 aromatic carbocycles. The van der Waals surface area contributed by atoms with Gasteiger partial charge in [0.1, 0.15) is 0 Å². The van der Waals surface area contributed by atoms with Gasteiger partial charge in [-0.1, -0.05) is 30.3 Å². The zero-order valence-electron chi connectivity index (χ0n) is 10.2. The van der Waals surface area contributed by atoms with E-state index < -0.39 is 10.1 Å². The van der Waals surface area contributed by atoms with Crippen LogP contribution in [-0.4, -0.2) is 24.5 Å². The summed E-state index contributed by atoms with van der Waals surface area (Å²) in [6.45, 7) is 2.41. The third-order valence-electron chi connectivity index (χ3n) is 2.35. The standard InChI is InChI=1S/C12H14N2O3S/c1-3-14-12(17-18(2,15)16)9-11(13-14)10-7-5-4-6-8-10/h4-9H,3H2,1-2H3. The van der Waals surface area contributed by atoms with Crippen LogP contribution in [0.1, 0.15) is 6.92 Å². The predicted molar refractivity (Wildman–Crippen MR) is 68.8 cm³/mol. The Morgan fingerprint density at radius 3 is 2.50 bits per heavy atom. The van der Waals surface area contributed by atoms with E-state index in [-0.39, 0.29) is 5.88 Å². The lowest BCUT2D eigenvalue weighted by atomic mass is 10.2. The highest BCUT2D eigenvalue weighted by Gasteiger charge is 2.13. The summed E-state index contributed by atoms with van der Waals surface area (Å²) in [6.07, 6.45) is 1.02. The Bertz CT molecular complexity index is 633. The molecule has 0 saturated heterocycles. The molecular weight excluding hydrogens is 252 g/mol. The smallest absolute Gasteiger partial charge is 0.307 e. The minimum atomic E-state index is -3.54. The van der Waals surface area contributed by atoms with Crippen LogP contribution in [0.25, 0.3) is 11.3 Å². The molecule has 0 aliphatic carbocycles. The number of aryl methyl sites for hydroxylation is 1. The van der Waals surface area contributed by atoms with Gasteiger partial charge in [0.15, 0.2) is 0 Å². The maximum atomic E-state index is 11.2. The summed E-state index contributed by atoms with van der Waals surface area (Å²) in [4.78, 5) is 0. The highest BCUT2D eigenvalue weighted by atomic mass is 32.2. The Hall–Kier alpha value is -1.82. The second-order valence-electron chi connectivity index (χ2n) is 3.84. The maximum absolute atomic E-state index is 11.2. The van der Waals surface area contributed by atoms with Crippen molar-refractivity contribution < 1.29 is 12.6 Å². The monoisotopic (exact) mass is 266 g/mol. The van der Waals surface area contributed by atoms with Crippen LogP contribution in [0.5, 0.6) is 5.88 Å². The van der Waals surface area contributed by atoms with Gasteiger partial charge in [-0.05, 0) is 6.92 Å². The molecule has 0 fully saturated rings. The molecule has 0 bridgehead atoms. The third kappa shape index (κ3) is 2.89. The minimum absolute atomic E-state index is 0.235. The van der Waals surface area contributed by atoms with Crippen LogP contribution in [0, 0.1) is 0 Å². The summed E-state index contributed by atoms with van der Waals surface area (Å²) in [6, 6.07) is 11.2. The average molecular weight is 266 g/mol. The Balaban J connectivity index is 2.41. The molecule has 0 saturated carbocycles. The molecule has 0 amide bonds. The average Bonchev–Trinajstić information content (AvgIpc) is 2.71. The number of rotatable bonds is 4. The van der Waals surface area contributed by atoms with Crippen LogP contribution in [0.15, 0.2) is 36.4 Å². The normalized spacial score (nSPS) is 11.4. The quantitative estimate of drug-likeness (QED) is 0.793. The lowest BCUT2D eigenvalue weighted by Gasteiger charge is -2.03.